The van der Waals surface area contributed by atoms with Gasteiger partial charge in [-0.05, 0) is 61.8 Å². The Bertz CT molecular complexity index is 758. The Morgan fingerprint density at radius 2 is 2.00 bits per heavy atom. The average Bonchev–Trinajstić information content (AvgIpc) is 3.16. The van der Waals surface area contributed by atoms with E-state index in [0.717, 1.165) is 56.5 Å². The summed E-state index contributed by atoms with van der Waals surface area (Å²) >= 11 is 0. The summed E-state index contributed by atoms with van der Waals surface area (Å²) in [5.74, 6) is 2.46. The zero-order valence-corrected chi connectivity index (χ0v) is 17.7. The molecule has 2 N–H and O–H groups in total. The maximum absolute atomic E-state index is 5.92. The molecule has 0 aliphatic carbocycles. The van der Waals surface area contributed by atoms with Gasteiger partial charge in [-0.15, -0.1) is 0 Å². The normalized spacial score (nSPS) is 15.8. The minimum Gasteiger partial charge on any atom is -0.494 e. The van der Waals surface area contributed by atoms with Crippen molar-refractivity contribution in [3.63, 3.8) is 0 Å². The van der Waals surface area contributed by atoms with Crippen LogP contribution in [0.15, 0.2) is 22.7 Å². The van der Waals surface area contributed by atoms with Gasteiger partial charge in [-0.3, -0.25) is 0 Å². The van der Waals surface area contributed by atoms with Crippen LogP contribution in [0.2, 0.25) is 0 Å². The molecular formula is C22H34N4O2. The maximum atomic E-state index is 5.92. The highest BCUT2D eigenvalue weighted by Gasteiger charge is 2.26. The third-order valence-electron chi connectivity index (χ3n) is 5.53. The first kappa shape index (κ1) is 20.6. The Balaban J connectivity index is 1.38. The number of benzene rings is 1. The summed E-state index contributed by atoms with van der Waals surface area (Å²) in [5, 5.41) is 4.14. The van der Waals surface area contributed by atoms with Crippen LogP contribution in [0.1, 0.15) is 63.4 Å². The predicted molar refractivity (Wildman–Crippen MR) is 112 cm³/mol. The largest absolute Gasteiger partial charge is 0.494 e. The monoisotopic (exact) mass is 386 g/mol. The molecule has 0 amide bonds. The number of anilines is 1. The molecule has 1 aromatic carbocycles. The molecule has 3 rings (SSSR count). The van der Waals surface area contributed by atoms with Crippen LogP contribution >= 0.6 is 0 Å². The SMILES string of the molecule is Cc1cc(OCCCC2CCN(c3nc(C(C)(C)C)no3)CC2)ccc1CN. The number of hydrogen-bond acceptors (Lipinski definition) is 6. The van der Waals surface area contributed by atoms with Crippen molar-refractivity contribution in [3.05, 3.63) is 35.2 Å². The second-order valence-electron chi connectivity index (χ2n) is 8.86. The van der Waals surface area contributed by atoms with E-state index >= 15 is 0 Å². The molecule has 28 heavy (non-hydrogen) atoms. The second kappa shape index (κ2) is 8.95. The molecule has 0 unspecified atom stereocenters. The van der Waals surface area contributed by atoms with E-state index in [1.165, 1.54) is 17.5 Å². The van der Waals surface area contributed by atoms with E-state index in [2.05, 4.69) is 54.9 Å². The van der Waals surface area contributed by atoms with Crippen molar-refractivity contribution in [2.45, 2.75) is 65.3 Å². The van der Waals surface area contributed by atoms with Crippen molar-refractivity contribution >= 4 is 6.01 Å². The molecule has 1 aromatic heterocycles. The highest BCUT2D eigenvalue weighted by Crippen LogP contribution is 2.27. The van der Waals surface area contributed by atoms with E-state index in [0.29, 0.717) is 12.6 Å². The van der Waals surface area contributed by atoms with Crippen LogP contribution in [-0.4, -0.2) is 29.8 Å². The summed E-state index contributed by atoms with van der Waals surface area (Å²) in [4.78, 5) is 6.80. The molecule has 0 saturated carbocycles. The van der Waals surface area contributed by atoms with E-state index < -0.39 is 0 Å². The third kappa shape index (κ3) is 5.25. The molecule has 1 saturated heterocycles. The maximum Gasteiger partial charge on any atom is 0.324 e. The van der Waals surface area contributed by atoms with Gasteiger partial charge in [-0.1, -0.05) is 32.0 Å². The number of nitrogens with two attached hydrogens (primary N) is 1. The highest BCUT2D eigenvalue weighted by molar-refractivity contribution is 5.34. The van der Waals surface area contributed by atoms with Crippen molar-refractivity contribution in [2.24, 2.45) is 11.7 Å². The first-order valence-electron chi connectivity index (χ1n) is 10.4. The zero-order valence-electron chi connectivity index (χ0n) is 17.7. The Morgan fingerprint density at radius 3 is 2.61 bits per heavy atom. The minimum atomic E-state index is -0.0801. The Kier molecular flexibility index (Phi) is 6.60. The predicted octanol–water partition coefficient (Wildman–Crippen LogP) is 4.21. The molecule has 154 valence electrons. The van der Waals surface area contributed by atoms with Crippen LogP contribution in [0.4, 0.5) is 6.01 Å². The van der Waals surface area contributed by atoms with Crippen molar-refractivity contribution in [1.29, 1.82) is 0 Å². The number of hydrogen-bond donors (Lipinski definition) is 1. The Hall–Kier alpha value is -2.08. The van der Waals surface area contributed by atoms with Crippen LogP contribution in [0, 0.1) is 12.8 Å². The third-order valence-corrected chi connectivity index (χ3v) is 5.53. The second-order valence-corrected chi connectivity index (χ2v) is 8.86. The molecule has 0 spiro atoms. The van der Waals surface area contributed by atoms with E-state index in [9.17, 15) is 0 Å². The zero-order chi connectivity index (χ0) is 20.1. The van der Waals surface area contributed by atoms with Crippen molar-refractivity contribution in [2.75, 3.05) is 24.6 Å². The Morgan fingerprint density at radius 1 is 1.25 bits per heavy atom. The lowest BCUT2D eigenvalue weighted by molar-refractivity contribution is 0.276. The summed E-state index contributed by atoms with van der Waals surface area (Å²) < 4.78 is 11.4. The molecule has 2 aromatic rings. The number of nitrogens with zero attached hydrogens (tertiary/aromatic N) is 3. The topological polar surface area (TPSA) is 77.4 Å². The lowest BCUT2D eigenvalue weighted by atomic mass is 9.92. The highest BCUT2D eigenvalue weighted by atomic mass is 16.5. The summed E-state index contributed by atoms with van der Waals surface area (Å²) in [6, 6.07) is 6.83. The van der Waals surface area contributed by atoms with Gasteiger partial charge >= 0.3 is 6.01 Å². The fraction of sp³-hybridized carbons (Fsp3) is 0.636. The lowest BCUT2D eigenvalue weighted by Gasteiger charge is -2.30. The van der Waals surface area contributed by atoms with Crippen LogP contribution < -0.4 is 15.4 Å². The number of aromatic nitrogens is 2. The fourth-order valence-corrected chi connectivity index (χ4v) is 3.61. The van der Waals surface area contributed by atoms with Gasteiger partial charge in [0, 0.05) is 25.0 Å². The smallest absolute Gasteiger partial charge is 0.324 e. The standard InChI is InChI=1S/C22H34N4O2/c1-16-14-19(8-7-18(16)15-23)27-13-5-6-17-9-11-26(12-10-17)21-24-20(25-28-21)22(2,3)4/h7-8,14,17H,5-6,9-13,15,23H2,1-4H3. The van der Waals surface area contributed by atoms with Crippen molar-refractivity contribution in [1.82, 2.24) is 10.1 Å². The van der Waals surface area contributed by atoms with Crippen LogP contribution in [0.25, 0.3) is 0 Å². The van der Waals surface area contributed by atoms with Gasteiger partial charge in [0.05, 0.1) is 6.61 Å². The fourth-order valence-electron chi connectivity index (χ4n) is 3.61. The lowest BCUT2D eigenvalue weighted by Crippen LogP contribution is -2.34. The van der Waals surface area contributed by atoms with Crippen LogP contribution in [-0.2, 0) is 12.0 Å². The first-order valence-corrected chi connectivity index (χ1v) is 10.4. The molecule has 1 aliphatic heterocycles. The van der Waals surface area contributed by atoms with Gasteiger partial charge < -0.3 is 19.9 Å². The summed E-state index contributed by atoms with van der Waals surface area (Å²) in [5.41, 5.74) is 8.01. The molecule has 1 aliphatic rings. The van der Waals surface area contributed by atoms with E-state index in [1.54, 1.807) is 0 Å². The molecule has 6 heteroatoms. The molecule has 0 atom stereocenters. The number of rotatable bonds is 7. The summed E-state index contributed by atoms with van der Waals surface area (Å²) in [7, 11) is 0. The number of piperidine rings is 1. The van der Waals surface area contributed by atoms with Crippen molar-refractivity contribution in [3.8, 4) is 5.75 Å². The molecular weight excluding hydrogens is 352 g/mol. The average molecular weight is 387 g/mol. The Labute approximate surface area is 168 Å². The molecule has 0 radical (unpaired) electrons. The quantitative estimate of drug-likeness (QED) is 0.718. The minimum absolute atomic E-state index is 0.0801. The first-order chi connectivity index (χ1) is 13.4. The van der Waals surface area contributed by atoms with Crippen molar-refractivity contribution < 1.29 is 9.26 Å². The van der Waals surface area contributed by atoms with Gasteiger partial charge in [0.25, 0.3) is 0 Å². The van der Waals surface area contributed by atoms with Gasteiger partial charge in [0.1, 0.15) is 5.75 Å². The van der Waals surface area contributed by atoms with Gasteiger partial charge in [0.2, 0.25) is 0 Å². The van der Waals surface area contributed by atoms with Crippen LogP contribution in [0.5, 0.6) is 5.75 Å². The molecule has 0 bridgehead atoms. The molecule has 1 fully saturated rings. The van der Waals surface area contributed by atoms with Gasteiger partial charge in [-0.2, -0.15) is 4.98 Å². The van der Waals surface area contributed by atoms with E-state index in [-0.39, 0.29) is 5.41 Å². The molecule has 6 nitrogen and oxygen atoms in total. The van der Waals surface area contributed by atoms with Crippen LogP contribution in [0.3, 0.4) is 0 Å². The molecule has 2 heterocycles. The van der Waals surface area contributed by atoms with E-state index in [1.807, 2.05) is 6.07 Å². The van der Waals surface area contributed by atoms with E-state index in [4.69, 9.17) is 15.0 Å². The van der Waals surface area contributed by atoms with Gasteiger partial charge in [0.15, 0.2) is 5.82 Å². The van der Waals surface area contributed by atoms with Gasteiger partial charge in [-0.25, -0.2) is 0 Å². The summed E-state index contributed by atoms with van der Waals surface area (Å²) in [6.07, 6.45) is 4.61. The number of ether oxygens (including phenoxy) is 1. The summed E-state index contributed by atoms with van der Waals surface area (Å²) in [6.45, 7) is 11.7. The number of aryl methyl sites for hydroxylation is 1.